The zero-order valence-electron chi connectivity index (χ0n) is 14.8. The molecule has 0 atom stereocenters. The van der Waals surface area contributed by atoms with Crippen molar-refractivity contribution in [1.82, 2.24) is 19.3 Å². The lowest BCUT2D eigenvalue weighted by atomic mass is 10.2. The van der Waals surface area contributed by atoms with Gasteiger partial charge in [-0.1, -0.05) is 11.6 Å². The van der Waals surface area contributed by atoms with Crippen LogP contribution in [0.3, 0.4) is 0 Å². The number of aromatic nitrogens is 3. The van der Waals surface area contributed by atoms with E-state index in [-0.39, 0.29) is 5.75 Å². The second-order valence-electron chi connectivity index (χ2n) is 6.31. The molecule has 1 saturated heterocycles. The van der Waals surface area contributed by atoms with E-state index in [1.807, 2.05) is 11.0 Å². The van der Waals surface area contributed by atoms with E-state index in [2.05, 4.69) is 15.0 Å². The molecule has 0 aliphatic carbocycles. The highest BCUT2D eigenvalue weighted by molar-refractivity contribution is 7.89. The number of rotatable bonds is 7. The number of hydrogen-bond donors (Lipinski definition) is 0. The Labute approximate surface area is 163 Å². The quantitative estimate of drug-likeness (QED) is 0.647. The lowest BCUT2D eigenvalue weighted by Gasteiger charge is -2.34. The minimum absolute atomic E-state index is 0.0907. The second kappa shape index (κ2) is 8.90. The van der Waals surface area contributed by atoms with Crippen LogP contribution in [0.5, 0.6) is 0 Å². The van der Waals surface area contributed by atoms with Gasteiger partial charge in [0.1, 0.15) is 11.6 Å². The molecule has 3 rings (SSSR count). The summed E-state index contributed by atoms with van der Waals surface area (Å²) in [6.45, 7) is 2.07. The molecule has 0 unspecified atom stereocenters. The molecule has 7 nitrogen and oxygen atoms in total. The summed E-state index contributed by atoms with van der Waals surface area (Å²) < 4.78 is 39.3. The third-order valence-electron chi connectivity index (χ3n) is 4.39. The van der Waals surface area contributed by atoms with Gasteiger partial charge in [-0.15, -0.1) is 0 Å². The Morgan fingerprint density at radius 2 is 1.70 bits per heavy atom. The molecule has 0 radical (unpaired) electrons. The van der Waals surface area contributed by atoms with Crippen LogP contribution >= 0.6 is 11.6 Å². The van der Waals surface area contributed by atoms with Gasteiger partial charge in [0.05, 0.1) is 23.2 Å². The van der Waals surface area contributed by atoms with Crippen molar-refractivity contribution in [2.45, 2.75) is 19.3 Å². The first kappa shape index (κ1) is 19.9. The molecular weight excluding hydrogens is 393 g/mol. The topological polar surface area (TPSA) is 79.3 Å². The average Bonchev–Trinajstić information content (AvgIpc) is 2.67. The number of aryl methyl sites for hydroxylation is 1. The van der Waals surface area contributed by atoms with E-state index in [1.165, 1.54) is 4.31 Å². The number of sulfonamides is 1. The van der Waals surface area contributed by atoms with Crippen LogP contribution in [-0.4, -0.2) is 59.6 Å². The molecule has 0 bridgehead atoms. The zero-order chi connectivity index (χ0) is 19.3. The number of piperazine rings is 1. The maximum Gasteiger partial charge on any atom is 0.214 e. The molecule has 0 aromatic carbocycles. The predicted molar refractivity (Wildman–Crippen MR) is 102 cm³/mol. The molecule has 0 N–H and O–H groups in total. The lowest BCUT2D eigenvalue weighted by molar-refractivity contribution is 0.383. The molecule has 10 heteroatoms. The first-order chi connectivity index (χ1) is 12.9. The van der Waals surface area contributed by atoms with E-state index in [1.54, 1.807) is 12.3 Å². The lowest BCUT2D eigenvalue weighted by Crippen LogP contribution is -2.49. The van der Waals surface area contributed by atoms with E-state index in [0.717, 1.165) is 18.2 Å². The average molecular weight is 414 g/mol. The van der Waals surface area contributed by atoms with Crippen molar-refractivity contribution in [2.24, 2.45) is 0 Å². The van der Waals surface area contributed by atoms with Gasteiger partial charge in [-0.2, -0.15) is 4.31 Å². The molecule has 1 aliphatic heterocycles. The number of hydrogen-bond acceptors (Lipinski definition) is 6. The highest BCUT2D eigenvalue weighted by Gasteiger charge is 2.26. The van der Waals surface area contributed by atoms with Crippen molar-refractivity contribution in [3.63, 3.8) is 0 Å². The summed E-state index contributed by atoms with van der Waals surface area (Å²) in [6, 6.07) is 3.61. The van der Waals surface area contributed by atoms with Crippen LogP contribution < -0.4 is 4.90 Å². The number of nitrogens with zero attached hydrogens (tertiary/aromatic N) is 5. The summed E-state index contributed by atoms with van der Waals surface area (Å²) >= 11 is 5.85. The van der Waals surface area contributed by atoms with Crippen LogP contribution in [0.1, 0.15) is 18.7 Å². The van der Waals surface area contributed by atoms with E-state index >= 15 is 0 Å². The molecule has 2 aromatic rings. The summed E-state index contributed by atoms with van der Waals surface area (Å²) in [6.07, 6.45) is 5.51. The summed E-state index contributed by atoms with van der Waals surface area (Å²) in [5.74, 6) is 0.941. The van der Waals surface area contributed by atoms with Gasteiger partial charge in [0, 0.05) is 38.8 Å². The summed E-state index contributed by atoms with van der Waals surface area (Å²) in [5.41, 5.74) is 0. The fraction of sp³-hybridized carbons (Fsp3) is 0.471. The van der Waals surface area contributed by atoms with Crippen molar-refractivity contribution < 1.29 is 12.8 Å². The minimum atomic E-state index is -3.29. The van der Waals surface area contributed by atoms with Gasteiger partial charge < -0.3 is 4.90 Å². The molecule has 2 aromatic heterocycles. The van der Waals surface area contributed by atoms with Gasteiger partial charge in [-0.25, -0.2) is 27.8 Å². The molecule has 3 heterocycles. The Bertz CT molecular complexity index is 841. The van der Waals surface area contributed by atoms with Crippen molar-refractivity contribution in [1.29, 1.82) is 0 Å². The van der Waals surface area contributed by atoms with Crippen LogP contribution in [0.2, 0.25) is 5.02 Å². The largest absolute Gasteiger partial charge is 0.354 e. The van der Waals surface area contributed by atoms with Crippen molar-refractivity contribution in [3.05, 3.63) is 47.4 Å². The van der Waals surface area contributed by atoms with E-state index < -0.39 is 15.8 Å². The van der Waals surface area contributed by atoms with Crippen LogP contribution in [0, 0.1) is 5.82 Å². The highest BCUT2D eigenvalue weighted by Crippen LogP contribution is 2.18. The summed E-state index contributed by atoms with van der Waals surface area (Å²) in [4.78, 5) is 14.1. The SMILES string of the molecule is O=S(=O)(CCCCc1ncc(F)cn1)N1CCN(c2ccc(Cl)cn2)CC1. The normalized spacial score (nSPS) is 15.9. The summed E-state index contributed by atoms with van der Waals surface area (Å²) in [5, 5.41) is 0.575. The number of pyridine rings is 1. The maximum absolute atomic E-state index is 12.8. The molecule has 27 heavy (non-hydrogen) atoms. The fourth-order valence-corrected chi connectivity index (χ4v) is 4.57. The number of anilines is 1. The second-order valence-corrected chi connectivity index (χ2v) is 8.84. The summed E-state index contributed by atoms with van der Waals surface area (Å²) in [7, 11) is -3.29. The van der Waals surface area contributed by atoms with Crippen molar-refractivity contribution in [3.8, 4) is 0 Å². The monoisotopic (exact) mass is 413 g/mol. The van der Waals surface area contributed by atoms with Crippen molar-refractivity contribution >= 4 is 27.4 Å². The smallest absolute Gasteiger partial charge is 0.214 e. The van der Waals surface area contributed by atoms with Gasteiger partial charge in [-0.05, 0) is 25.0 Å². The molecule has 0 spiro atoms. The molecule has 0 saturated carbocycles. The van der Waals surface area contributed by atoms with E-state index in [4.69, 9.17) is 11.6 Å². The zero-order valence-corrected chi connectivity index (χ0v) is 16.3. The Hall–Kier alpha value is -1.84. The third-order valence-corrected chi connectivity index (χ3v) is 6.57. The molecule has 0 amide bonds. The van der Waals surface area contributed by atoms with E-state index in [9.17, 15) is 12.8 Å². The Morgan fingerprint density at radius 1 is 1.00 bits per heavy atom. The minimum Gasteiger partial charge on any atom is -0.354 e. The first-order valence-electron chi connectivity index (χ1n) is 8.75. The van der Waals surface area contributed by atoms with Crippen LogP contribution in [-0.2, 0) is 16.4 Å². The molecule has 146 valence electrons. The third kappa shape index (κ3) is 5.57. The maximum atomic E-state index is 12.8. The van der Waals surface area contributed by atoms with Gasteiger partial charge in [0.15, 0.2) is 5.82 Å². The van der Waals surface area contributed by atoms with Gasteiger partial charge in [-0.3, -0.25) is 0 Å². The van der Waals surface area contributed by atoms with Crippen molar-refractivity contribution in [2.75, 3.05) is 36.8 Å². The van der Waals surface area contributed by atoms with Gasteiger partial charge >= 0.3 is 0 Å². The predicted octanol–water partition coefficient (Wildman–Crippen LogP) is 2.14. The van der Waals surface area contributed by atoms with Gasteiger partial charge in [0.2, 0.25) is 10.0 Å². The van der Waals surface area contributed by atoms with E-state index in [0.29, 0.717) is 56.3 Å². The number of halogens is 2. The number of unbranched alkanes of at least 4 members (excludes halogenated alkanes) is 1. The Kier molecular flexibility index (Phi) is 6.56. The van der Waals surface area contributed by atoms with Gasteiger partial charge in [0.25, 0.3) is 0 Å². The van der Waals surface area contributed by atoms with Crippen LogP contribution in [0.25, 0.3) is 0 Å². The Morgan fingerprint density at radius 3 is 2.33 bits per heavy atom. The Balaban J connectivity index is 1.44. The first-order valence-corrected chi connectivity index (χ1v) is 10.7. The fourth-order valence-electron chi connectivity index (χ4n) is 2.92. The molecule has 1 aliphatic rings. The molecular formula is C17H21ClFN5O2S. The molecule has 1 fully saturated rings. The highest BCUT2D eigenvalue weighted by atomic mass is 35.5. The van der Waals surface area contributed by atoms with Crippen LogP contribution in [0.4, 0.5) is 10.2 Å². The standard InChI is InChI=1S/C17H21ClFN5O2S/c18-14-4-5-17(22-11-14)23-6-8-24(9-7-23)27(25,26)10-2-1-3-16-20-12-15(19)13-21-16/h4-5,11-13H,1-3,6-10H2. The van der Waals surface area contributed by atoms with Crippen LogP contribution in [0.15, 0.2) is 30.7 Å².